The first kappa shape index (κ1) is 22.1. The summed E-state index contributed by atoms with van der Waals surface area (Å²) in [4.78, 5) is 25.1. The molecular weight excluding hydrogens is 414 g/mol. The zero-order valence-corrected chi connectivity index (χ0v) is 18.8. The van der Waals surface area contributed by atoms with Crippen molar-refractivity contribution in [3.05, 3.63) is 102 Å². The van der Waals surface area contributed by atoms with E-state index < -0.39 is 11.4 Å². The van der Waals surface area contributed by atoms with Crippen LogP contribution in [0, 0.1) is 0 Å². The van der Waals surface area contributed by atoms with Gasteiger partial charge in [-0.1, -0.05) is 54.6 Å². The maximum Gasteiger partial charge on any atom is 0.339 e. The number of hydrogen-bond donors (Lipinski definition) is 1. The van der Waals surface area contributed by atoms with Crippen LogP contribution in [-0.4, -0.2) is 19.0 Å². The predicted octanol–water partition coefficient (Wildman–Crippen LogP) is 6.34. The minimum atomic E-state index is -0.843. The van der Waals surface area contributed by atoms with Crippen LogP contribution in [0.15, 0.2) is 91.0 Å². The van der Waals surface area contributed by atoms with E-state index in [9.17, 15) is 9.59 Å². The third kappa shape index (κ3) is 4.72. The molecule has 0 aliphatic heterocycles. The van der Waals surface area contributed by atoms with E-state index >= 15 is 0 Å². The Bertz CT molecular complexity index is 1310. The van der Waals surface area contributed by atoms with Crippen molar-refractivity contribution in [1.29, 1.82) is 0 Å². The third-order valence-corrected chi connectivity index (χ3v) is 5.68. The van der Waals surface area contributed by atoms with Crippen molar-refractivity contribution in [3.8, 4) is 11.5 Å². The van der Waals surface area contributed by atoms with Crippen molar-refractivity contribution in [3.63, 3.8) is 0 Å². The zero-order chi connectivity index (χ0) is 23.4. The molecule has 0 spiro atoms. The number of carbonyl (C=O) groups excluding carboxylic acids is 2. The lowest BCUT2D eigenvalue weighted by molar-refractivity contribution is -0.120. The molecule has 0 radical (unpaired) electrons. The molecule has 0 atom stereocenters. The van der Waals surface area contributed by atoms with Gasteiger partial charge >= 0.3 is 5.97 Å². The van der Waals surface area contributed by atoms with Crippen LogP contribution < -0.4 is 10.1 Å². The van der Waals surface area contributed by atoms with Crippen LogP contribution in [0.5, 0.6) is 11.5 Å². The van der Waals surface area contributed by atoms with E-state index in [2.05, 4.69) is 11.4 Å². The van der Waals surface area contributed by atoms with E-state index in [-0.39, 0.29) is 5.91 Å². The Morgan fingerprint density at radius 2 is 1.39 bits per heavy atom. The monoisotopic (exact) mass is 439 g/mol. The molecule has 5 heteroatoms. The smallest absolute Gasteiger partial charge is 0.339 e. The van der Waals surface area contributed by atoms with Gasteiger partial charge in [0.1, 0.15) is 11.5 Å². The first-order valence-corrected chi connectivity index (χ1v) is 10.6. The molecule has 0 aliphatic rings. The Kier molecular flexibility index (Phi) is 6.13. The number of amides is 1. The van der Waals surface area contributed by atoms with Gasteiger partial charge in [-0.25, -0.2) is 4.79 Å². The number of esters is 1. The second-order valence-corrected chi connectivity index (χ2v) is 8.25. The molecule has 0 bridgehead atoms. The van der Waals surface area contributed by atoms with Crippen molar-refractivity contribution < 1.29 is 19.1 Å². The summed E-state index contributed by atoms with van der Waals surface area (Å²) < 4.78 is 10.8. The number of hydrogen-bond acceptors (Lipinski definition) is 4. The SMILES string of the molecule is COC(=O)c1ccccc1NC(=O)C(C)(C)c1ccc(Oc2ccc3ccccc3c2)cc1. The highest BCUT2D eigenvalue weighted by molar-refractivity contribution is 6.04. The normalized spacial score (nSPS) is 11.1. The number of ether oxygens (including phenoxy) is 2. The second kappa shape index (κ2) is 9.17. The lowest BCUT2D eigenvalue weighted by Gasteiger charge is -2.25. The van der Waals surface area contributed by atoms with Crippen LogP contribution >= 0.6 is 0 Å². The van der Waals surface area contributed by atoms with Crippen molar-refractivity contribution in [1.82, 2.24) is 0 Å². The fourth-order valence-electron chi connectivity index (χ4n) is 3.60. The molecule has 0 aliphatic carbocycles. The largest absolute Gasteiger partial charge is 0.465 e. The number of fused-ring (bicyclic) bond motifs is 1. The summed E-state index contributed by atoms with van der Waals surface area (Å²) in [6.45, 7) is 3.67. The number of carbonyl (C=O) groups is 2. The molecule has 0 saturated heterocycles. The van der Waals surface area contributed by atoms with Crippen molar-refractivity contribution in [2.75, 3.05) is 12.4 Å². The van der Waals surface area contributed by atoms with Crippen molar-refractivity contribution in [2.45, 2.75) is 19.3 Å². The van der Waals surface area contributed by atoms with Crippen LogP contribution in [0.2, 0.25) is 0 Å². The molecule has 166 valence electrons. The molecule has 1 N–H and O–H groups in total. The lowest BCUT2D eigenvalue weighted by Crippen LogP contribution is -2.35. The van der Waals surface area contributed by atoms with Crippen molar-refractivity contribution >= 4 is 28.3 Å². The quantitative estimate of drug-likeness (QED) is 0.356. The Labute approximate surface area is 193 Å². The third-order valence-electron chi connectivity index (χ3n) is 5.68. The van der Waals surface area contributed by atoms with E-state index in [0.717, 1.165) is 22.1 Å². The van der Waals surface area contributed by atoms with Crippen LogP contribution in [0.4, 0.5) is 5.69 Å². The molecule has 0 unspecified atom stereocenters. The average Bonchev–Trinajstić information content (AvgIpc) is 2.84. The summed E-state index contributed by atoms with van der Waals surface area (Å²) in [6, 6.07) is 28.3. The highest BCUT2D eigenvalue weighted by Gasteiger charge is 2.30. The molecule has 1 amide bonds. The van der Waals surface area contributed by atoms with Gasteiger partial charge in [-0.15, -0.1) is 0 Å². The van der Waals surface area contributed by atoms with Gasteiger partial charge in [0.15, 0.2) is 0 Å². The van der Waals surface area contributed by atoms with Gasteiger partial charge in [0.05, 0.1) is 23.8 Å². The van der Waals surface area contributed by atoms with Gasteiger partial charge in [0, 0.05) is 0 Å². The van der Waals surface area contributed by atoms with E-state index in [1.54, 1.807) is 24.3 Å². The van der Waals surface area contributed by atoms with E-state index in [1.165, 1.54) is 7.11 Å². The minimum Gasteiger partial charge on any atom is -0.465 e. The van der Waals surface area contributed by atoms with Crippen molar-refractivity contribution in [2.24, 2.45) is 0 Å². The van der Waals surface area contributed by atoms with Crippen LogP contribution in [0.3, 0.4) is 0 Å². The molecule has 0 saturated carbocycles. The van der Waals surface area contributed by atoms with Gasteiger partial charge in [-0.2, -0.15) is 0 Å². The predicted molar refractivity (Wildman–Crippen MR) is 130 cm³/mol. The molecule has 0 aromatic heterocycles. The summed E-state index contributed by atoms with van der Waals surface area (Å²) in [7, 11) is 1.31. The summed E-state index contributed by atoms with van der Waals surface area (Å²) in [5.74, 6) is 0.695. The van der Waals surface area contributed by atoms with Gasteiger partial charge in [0.2, 0.25) is 5.91 Å². The first-order valence-electron chi connectivity index (χ1n) is 10.6. The maximum atomic E-state index is 13.1. The average molecular weight is 440 g/mol. The van der Waals surface area contributed by atoms with Crippen LogP contribution in [0.25, 0.3) is 10.8 Å². The van der Waals surface area contributed by atoms with Gasteiger partial charge in [0.25, 0.3) is 0 Å². The van der Waals surface area contributed by atoms with E-state index in [4.69, 9.17) is 9.47 Å². The zero-order valence-electron chi connectivity index (χ0n) is 18.8. The number of methoxy groups -OCH3 is 1. The number of benzene rings is 4. The van der Waals surface area contributed by atoms with Crippen LogP contribution in [-0.2, 0) is 14.9 Å². The topological polar surface area (TPSA) is 64.6 Å². The summed E-state index contributed by atoms with van der Waals surface area (Å²) in [6.07, 6.45) is 0. The Morgan fingerprint density at radius 3 is 2.12 bits per heavy atom. The van der Waals surface area contributed by atoms with E-state index in [0.29, 0.717) is 17.0 Å². The number of rotatable bonds is 6. The highest BCUT2D eigenvalue weighted by atomic mass is 16.5. The van der Waals surface area contributed by atoms with E-state index in [1.807, 2.05) is 74.5 Å². The molecule has 33 heavy (non-hydrogen) atoms. The number of anilines is 1. The summed E-state index contributed by atoms with van der Waals surface area (Å²) in [5, 5.41) is 5.13. The molecule has 4 rings (SSSR count). The highest BCUT2D eigenvalue weighted by Crippen LogP contribution is 2.30. The summed E-state index contributed by atoms with van der Waals surface area (Å²) in [5.41, 5.74) is 0.702. The number of nitrogens with one attached hydrogen (secondary N) is 1. The first-order chi connectivity index (χ1) is 15.9. The maximum absolute atomic E-state index is 13.1. The molecule has 0 fully saturated rings. The van der Waals surface area contributed by atoms with Gasteiger partial charge < -0.3 is 14.8 Å². The molecule has 4 aromatic carbocycles. The molecule has 4 aromatic rings. The number of para-hydroxylation sites is 1. The van der Waals surface area contributed by atoms with Gasteiger partial charge in [-0.05, 0) is 66.6 Å². The molecule has 5 nitrogen and oxygen atoms in total. The molecular formula is C28H25NO4. The Hall–Kier alpha value is -4.12. The summed E-state index contributed by atoms with van der Waals surface area (Å²) >= 11 is 0. The standard InChI is InChI=1S/C28H25NO4/c1-28(2,27(31)29-25-11-7-6-10-24(25)26(30)32-3)21-13-16-22(17-14-21)33-23-15-12-19-8-4-5-9-20(19)18-23/h4-18H,1-3H3,(H,29,31). The fourth-order valence-corrected chi connectivity index (χ4v) is 3.60. The second-order valence-electron chi connectivity index (χ2n) is 8.25. The Morgan fingerprint density at radius 1 is 0.758 bits per heavy atom. The van der Waals surface area contributed by atoms with Crippen LogP contribution in [0.1, 0.15) is 29.8 Å². The molecule has 0 heterocycles. The Balaban J connectivity index is 1.50. The van der Waals surface area contributed by atoms with Gasteiger partial charge in [-0.3, -0.25) is 4.79 Å². The fraction of sp³-hybridized carbons (Fsp3) is 0.143. The lowest BCUT2D eigenvalue weighted by atomic mass is 9.83. The minimum absolute atomic E-state index is 0.234.